The second-order valence-corrected chi connectivity index (χ2v) is 5.09. The van der Waals surface area contributed by atoms with Crippen molar-refractivity contribution in [3.05, 3.63) is 47.5 Å². The maximum atomic E-state index is 8.82. The lowest BCUT2D eigenvalue weighted by Crippen LogP contribution is -2.06. The second kappa shape index (κ2) is 5.51. The van der Waals surface area contributed by atoms with Crippen LogP contribution in [0.5, 0.6) is 0 Å². The molecule has 0 aliphatic carbocycles. The van der Waals surface area contributed by atoms with Crippen molar-refractivity contribution in [3.63, 3.8) is 0 Å². The monoisotopic (exact) mass is 318 g/mol. The molecule has 0 spiro atoms. The number of pyridine rings is 1. The Balaban J connectivity index is 1.86. The van der Waals surface area contributed by atoms with Gasteiger partial charge in [0.25, 0.3) is 0 Å². The lowest BCUT2D eigenvalue weighted by atomic mass is 10.3. The molecule has 0 aromatic carbocycles. The number of hydrogen-bond donors (Lipinski definition) is 0. The van der Waals surface area contributed by atoms with Crippen molar-refractivity contribution in [1.29, 1.82) is 5.26 Å². The molecule has 0 N–H and O–H groups in total. The number of aryl methyl sites for hydroxylation is 1. The molecule has 0 unspecified atom stereocenters. The van der Waals surface area contributed by atoms with E-state index in [-0.39, 0.29) is 5.69 Å². The number of rotatable bonds is 3. The molecule has 9 nitrogen and oxygen atoms in total. The van der Waals surface area contributed by atoms with Crippen LogP contribution >= 0.6 is 0 Å². The van der Waals surface area contributed by atoms with Crippen molar-refractivity contribution in [2.45, 2.75) is 13.5 Å². The van der Waals surface area contributed by atoms with Gasteiger partial charge in [0.1, 0.15) is 17.3 Å². The van der Waals surface area contributed by atoms with E-state index in [4.69, 9.17) is 9.89 Å². The van der Waals surface area contributed by atoms with Crippen molar-refractivity contribution in [1.82, 2.24) is 35.0 Å². The minimum absolute atomic E-state index is 0.268. The van der Waals surface area contributed by atoms with Crippen LogP contribution in [0, 0.1) is 18.3 Å². The predicted octanol–water partition coefficient (Wildman–Crippen LogP) is 1.50. The largest absolute Gasteiger partial charge is 0.301 e. The lowest BCUT2D eigenvalue weighted by molar-refractivity contribution is 0.305. The zero-order chi connectivity index (χ0) is 16.5. The Morgan fingerprint density at radius 1 is 1.21 bits per heavy atom. The smallest absolute Gasteiger partial charge is 0.173 e. The quantitative estimate of drug-likeness (QED) is 0.557. The van der Waals surface area contributed by atoms with E-state index in [0.717, 1.165) is 5.52 Å². The maximum absolute atomic E-state index is 8.82. The third kappa shape index (κ3) is 2.26. The summed E-state index contributed by atoms with van der Waals surface area (Å²) in [5.74, 6) is 0.591. The van der Waals surface area contributed by atoms with E-state index in [1.54, 1.807) is 25.3 Å². The summed E-state index contributed by atoms with van der Waals surface area (Å²) in [5, 5.41) is 24.5. The molecule has 0 saturated heterocycles. The van der Waals surface area contributed by atoms with Crippen molar-refractivity contribution >= 4 is 11.2 Å². The average molecular weight is 318 g/mol. The number of nitriles is 1. The van der Waals surface area contributed by atoms with Crippen LogP contribution in [0.3, 0.4) is 0 Å². The molecule has 0 fully saturated rings. The number of nitrogens with zero attached hydrogens (tertiary/aromatic N) is 8. The molecule has 9 heteroatoms. The van der Waals surface area contributed by atoms with Gasteiger partial charge in [0.05, 0.1) is 12.2 Å². The highest BCUT2D eigenvalue weighted by Crippen LogP contribution is 2.24. The SMILES string of the molecule is Cc1nonc1-c1nc2cccnc2n1Cc1ccc(C#N)nn1. The predicted molar refractivity (Wildman–Crippen MR) is 81.4 cm³/mol. The van der Waals surface area contributed by atoms with Crippen LogP contribution in [-0.2, 0) is 6.54 Å². The standard InChI is InChI=1S/C15H10N8O/c1-9-13(22-24-21-9)15-18-12-3-2-6-17-14(12)23(15)8-11-5-4-10(7-16)19-20-11/h2-6H,8H2,1H3. The van der Waals surface area contributed by atoms with Gasteiger partial charge in [-0.05, 0) is 36.3 Å². The molecule has 0 aliphatic rings. The topological polar surface area (TPSA) is 119 Å². The van der Waals surface area contributed by atoms with Gasteiger partial charge in [-0.3, -0.25) is 0 Å². The minimum atomic E-state index is 0.268. The zero-order valence-corrected chi connectivity index (χ0v) is 12.6. The summed E-state index contributed by atoms with van der Waals surface area (Å²) in [6.45, 7) is 2.18. The van der Waals surface area contributed by atoms with Crippen LogP contribution in [0.2, 0.25) is 0 Å². The molecule has 24 heavy (non-hydrogen) atoms. The fraction of sp³-hybridized carbons (Fsp3) is 0.133. The molecule has 116 valence electrons. The van der Waals surface area contributed by atoms with Gasteiger partial charge >= 0.3 is 0 Å². The summed E-state index contributed by atoms with van der Waals surface area (Å²) in [4.78, 5) is 8.98. The molecule has 0 atom stereocenters. The van der Waals surface area contributed by atoms with Gasteiger partial charge in [0.2, 0.25) is 0 Å². The molecule has 0 radical (unpaired) electrons. The summed E-state index contributed by atoms with van der Waals surface area (Å²) < 4.78 is 6.67. The van der Waals surface area contributed by atoms with Crippen molar-refractivity contribution in [2.75, 3.05) is 0 Å². The van der Waals surface area contributed by atoms with Crippen LogP contribution in [0.4, 0.5) is 0 Å². The van der Waals surface area contributed by atoms with Gasteiger partial charge in [0, 0.05) is 6.20 Å². The minimum Gasteiger partial charge on any atom is -0.301 e. The van der Waals surface area contributed by atoms with Gasteiger partial charge in [-0.2, -0.15) is 10.4 Å². The van der Waals surface area contributed by atoms with E-state index >= 15 is 0 Å². The van der Waals surface area contributed by atoms with Gasteiger partial charge in [-0.1, -0.05) is 5.16 Å². The zero-order valence-electron chi connectivity index (χ0n) is 12.6. The molecule has 0 amide bonds. The van der Waals surface area contributed by atoms with E-state index in [9.17, 15) is 0 Å². The maximum Gasteiger partial charge on any atom is 0.173 e. The fourth-order valence-electron chi connectivity index (χ4n) is 2.39. The summed E-state index contributed by atoms with van der Waals surface area (Å²) >= 11 is 0. The Kier molecular flexibility index (Phi) is 3.20. The Labute approximate surface area is 135 Å². The summed E-state index contributed by atoms with van der Waals surface area (Å²) in [5.41, 5.74) is 3.56. The number of hydrogen-bond acceptors (Lipinski definition) is 8. The van der Waals surface area contributed by atoms with E-state index in [2.05, 4.69) is 30.5 Å². The van der Waals surface area contributed by atoms with Gasteiger partial charge in [-0.15, -0.1) is 5.10 Å². The third-order valence-electron chi connectivity index (χ3n) is 3.52. The number of aromatic nitrogens is 7. The molecular formula is C15H10N8O. The molecule has 0 bridgehead atoms. The molecule has 4 aromatic rings. The van der Waals surface area contributed by atoms with Crippen LogP contribution < -0.4 is 0 Å². The Hall–Kier alpha value is -3.67. The molecule has 4 heterocycles. The third-order valence-corrected chi connectivity index (χ3v) is 3.52. The van der Waals surface area contributed by atoms with Gasteiger partial charge in [-0.25, -0.2) is 14.6 Å². The van der Waals surface area contributed by atoms with E-state index in [1.165, 1.54) is 0 Å². The van der Waals surface area contributed by atoms with E-state index < -0.39 is 0 Å². The molecule has 4 aromatic heterocycles. The van der Waals surface area contributed by atoms with Crippen molar-refractivity contribution < 1.29 is 4.63 Å². The summed E-state index contributed by atoms with van der Waals surface area (Å²) in [6, 6.07) is 9.01. The second-order valence-electron chi connectivity index (χ2n) is 5.09. The fourth-order valence-corrected chi connectivity index (χ4v) is 2.39. The highest BCUT2D eigenvalue weighted by Gasteiger charge is 2.19. The van der Waals surface area contributed by atoms with E-state index in [1.807, 2.05) is 22.8 Å². The first-order chi connectivity index (χ1) is 11.8. The molecule has 0 aliphatic heterocycles. The van der Waals surface area contributed by atoms with Gasteiger partial charge in [0.15, 0.2) is 22.9 Å². The highest BCUT2D eigenvalue weighted by atomic mass is 16.6. The molecule has 4 rings (SSSR count). The van der Waals surface area contributed by atoms with Crippen LogP contribution in [0.1, 0.15) is 17.1 Å². The lowest BCUT2D eigenvalue weighted by Gasteiger charge is -2.06. The average Bonchev–Trinajstić information content (AvgIpc) is 3.19. The number of imidazole rings is 1. The van der Waals surface area contributed by atoms with Crippen LogP contribution in [0.15, 0.2) is 35.1 Å². The Morgan fingerprint density at radius 3 is 2.83 bits per heavy atom. The molecular weight excluding hydrogens is 308 g/mol. The van der Waals surface area contributed by atoms with Gasteiger partial charge < -0.3 is 4.57 Å². The Morgan fingerprint density at radius 2 is 2.12 bits per heavy atom. The molecule has 0 saturated carbocycles. The van der Waals surface area contributed by atoms with Crippen molar-refractivity contribution in [3.8, 4) is 17.6 Å². The first kappa shape index (κ1) is 14.0. The van der Waals surface area contributed by atoms with Crippen molar-refractivity contribution in [2.24, 2.45) is 0 Å². The summed E-state index contributed by atoms with van der Waals surface area (Å²) in [7, 11) is 0. The highest BCUT2D eigenvalue weighted by molar-refractivity contribution is 5.76. The Bertz CT molecular complexity index is 1060. The van der Waals surface area contributed by atoms with E-state index in [0.29, 0.717) is 35.1 Å². The van der Waals surface area contributed by atoms with Crippen LogP contribution in [-0.4, -0.2) is 35.0 Å². The summed E-state index contributed by atoms with van der Waals surface area (Å²) in [6.07, 6.45) is 1.70. The number of fused-ring (bicyclic) bond motifs is 1. The first-order valence-corrected chi connectivity index (χ1v) is 7.10. The van der Waals surface area contributed by atoms with Crippen LogP contribution in [0.25, 0.3) is 22.7 Å². The first-order valence-electron chi connectivity index (χ1n) is 7.10. The normalized spacial score (nSPS) is 10.8.